The van der Waals surface area contributed by atoms with Gasteiger partial charge in [-0.15, -0.1) is 0 Å². The molecule has 0 radical (unpaired) electrons. The predicted molar refractivity (Wildman–Crippen MR) is 74.9 cm³/mol. The summed E-state index contributed by atoms with van der Waals surface area (Å²) in [5.41, 5.74) is 1.59. The summed E-state index contributed by atoms with van der Waals surface area (Å²) >= 11 is 0. The molecule has 0 spiro atoms. The van der Waals surface area contributed by atoms with Crippen LogP contribution >= 0.6 is 0 Å². The molecule has 4 N–H and O–H groups in total. The van der Waals surface area contributed by atoms with Crippen molar-refractivity contribution in [1.82, 2.24) is 15.2 Å². The van der Waals surface area contributed by atoms with E-state index in [1.165, 1.54) is 6.07 Å². The first-order valence-electron chi connectivity index (χ1n) is 6.15. The van der Waals surface area contributed by atoms with E-state index in [1.807, 2.05) is 5.43 Å². The Hall–Kier alpha value is -2.87. The number of carbonyl (C=O) groups excluding carboxylic acids is 1. The van der Waals surface area contributed by atoms with Gasteiger partial charge in [0.2, 0.25) is 0 Å². The molecule has 1 aromatic heterocycles. The van der Waals surface area contributed by atoms with E-state index in [1.54, 1.807) is 24.3 Å². The maximum absolute atomic E-state index is 11.5. The molecule has 0 fully saturated rings. The lowest BCUT2D eigenvalue weighted by Crippen LogP contribution is -2.31. The second-order valence-corrected chi connectivity index (χ2v) is 4.12. The highest BCUT2D eigenvalue weighted by Gasteiger charge is 2.10. The van der Waals surface area contributed by atoms with Gasteiger partial charge in [0.15, 0.2) is 0 Å². The molecule has 0 bridgehead atoms. The Labute approximate surface area is 119 Å². The van der Waals surface area contributed by atoms with Gasteiger partial charge in [-0.1, -0.05) is 12.1 Å². The molecule has 2 aromatic rings. The molecule has 1 heterocycles. The van der Waals surface area contributed by atoms with Crippen molar-refractivity contribution in [2.45, 2.75) is 6.54 Å². The number of H-pyrrole nitrogens is 1. The quantitative estimate of drug-likeness (QED) is 0.379. The molecular weight excluding hydrogens is 276 g/mol. The van der Waals surface area contributed by atoms with Crippen LogP contribution in [-0.2, 0) is 6.54 Å². The molecule has 0 aliphatic rings. The molecule has 0 atom stereocenters. The van der Waals surface area contributed by atoms with E-state index < -0.39 is 5.91 Å². The van der Waals surface area contributed by atoms with Crippen molar-refractivity contribution in [1.29, 1.82) is 0 Å². The SMILES string of the molecule is NNC(=O)c1ccccc1OCCn1[nH]c(=O)ccc1=O. The Morgan fingerprint density at radius 1 is 1.24 bits per heavy atom. The van der Waals surface area contributed by atoms with E-state index in [4.69, 9.17) is 10.6 Å². The molecule has 1 amide bonds. The monoisotopic (exact) mass is 290 g/mol. The zero-order valence-corrected chi connectivity index (χ0v) is 11.0. The summed E-state index contributed by atoms with van der Waals surface area (Å²) in [6, 6.07) is 8.89. The molecule has 8 heteroatoms. The van der Waals surface area contributed by atoms with E-state index in [2.05, 4.69) is 5.10 Å². The number of carbonyl (C=O) groups is 1. The summed E-state index contributed by atoms with van der Waals surface area (Å²) < 4.78 is 6.59. The zero-order chi connectivity index (χ0) is 15.2. The van der Waals surface area contributed by atoms with Crippen LogP contribution in [0.1, 0.15) is 10.4 Å². The van der Waals surface area contributed by atoms with Crippen LogP contribution in [-0.4, -0.2) is 22.3 Å². The first-order valence-corrected chi connectivity index (χ1v) is 6.15. The molecule has 0 aliphatic carbocycles. The van der Waals surface area contributed by atoms with E-state index >= 15 is 0 Å². The molecule has 0 saturated carbocycles. The Kier molecular flexibility index (Phi) is 4.52. The highest BCUT2D eigenvalue weighted by atomic mass is 16.5. The number of benzene rings is 1. The van der Waals surface area contributed by atoms with Crippen molar-refractivity contribution in [2.75, 3.05) is 6.61 Å². The van der Waals surface area contributed by atoms with Gasteiger partial charge < -0.3 is 4.74 Å². The van der Waals surface area contributed by atoms with Gasteiger partial charge >= 0.3 is 0 Å². The fourth-order valence-corrected chi connectivity index (χ4v) is 1.73. The molecule has 0 saturated heterocycles. The third kappa shape index (κ3) is 3.57. The predicted octanol–water partition coefficient (Wildman–Crippen LogP) is -0.781. The number of hydrogen-bond acceptors (Lipinski definition) is 5. The van der Waals surface area contributed by atoms with Gasteiger partial charge in [0, 0.05) is 12.1 Å². The average Bonchev–Trinajstić information content (AvgIpc) is 2.50. The summed E-state index contributed by atoms with van der Waals surface area (Å²) in [6.45, 7) is 0.252. The molecule has 0 aliphatic heterocycles. The van der Waals surface area contributed by atoms with Crippen molar-refractivity contribution in [3.8, 4) is 5.75 Å². The topological polar surface area (TPSA) is 119 Å². The highest BCUT2D eigenvalue weighted by Crippen LogP contribution is 2.17. The number of hydrogen-bond donors (Lipinski definition) is 3. The molecule has 8 nitrogen and oxygen atoms in total. The van der Waals surface area contributed by atoms with Crippen LogP contribution in [0.3, 0.4) is 0 Å². The average molecular weight is 290 g/mol. The number of aromatic nitrogens is 2. The first-order chi connectivity index (χ1) is 10.1. The van der Waals surface area contributed by atoms with Crippen LogP contribution in [0.25, 0.3) is 0 Å². The van der Waals surface area contributed by atoms with E-state index in [0.717, 1.165) is 10.7 Å². The number of hydrazine groups is 1. The minimum absolute atomic E-state index is 0.106. The van der Waals surface area contributed by atoms with E-state index in [-0.39, 0.29) is 29.8 Å². The summed E-state index contributed by atoms with van der Waals surface area (Å²) in [5, 5.41) is 2.38. The number of nitrogen functional groups attached to an aromatic ring is 1. The summed E-state index contributed by atoms with van der Waals surface area (Å²) in [5.74, 6) is 4.95. The van der Waals surface area contributed by atoms with Gasteiger partial charge in [0.25, 0.3) is 17.0 Å². The maximum Gasteiger partial charge on any atom is 0.268 e. The molecule has 0 unspecified atom stereocenters. The van der Waals surface area contributed by atoms with Gasteiger partial charge in [0.05, 0.1) is 12.1 Å². The van der Waals surface area contributed by atoms with Crippen LogP contribution < -0.4 is 27.1 Å². The molecular formula is C13H14N4O4. The minimum Gasteiger partial charge on any atom is -0.491 e. The molecule has 110 valence electrons. The first kappa shape index (κ1) is 14.5. The molecule has 1 aromatic carbocycles. The number of amides is 1. The Balaban J connectivity index is 2.07. The van der Waals surface area contributed by atoms with Crippen molar-refractivity contribution in [3.63, 3.8) is 0 Å². The van der Waals surface area contributed by atoms with Crippen LogP contribution in [0.4, 0.5) is 0 Å². The Morgan fingerprint density at radius 3 is 2.76 bits per heavy atom. The normalized spacial score (nSPS) is 10.1. The van der Waals surface area contributed by atoms with E-state index in [0.29, 0.717) is 5.75 Å². The minimum atomic E-state index is -0.476. The summed E-state index contributed by atoms with van der Waals surface area (Å²) in [4.78, 5) is 34.2. The fraction of sp³-hybridized carbons (Fsp3) is 0.154. The van der Waals surface area contributed by atoms with Crippen molar-refractivity contribution < 1.29 is 9.53 Å². The zero-order valence-electron chi connectivity index (χ0n) is 11.0. The summed E-state index contributed by atoms with van der Waals surface area (Å²) in [6.07, 6.45) is 0. The lowest BCUT2D eigenvalue weighted by Gasteiger charge is -2.11. The fourth-order valence-electron chi connectivity index (χ4n) is 1.73. The largest absolute Gasteiger partial charge is 0.491 e. The van der Waals surface area contributed by atoms with Crippen molar-refractivity contribution in [2.24, 2.45) is 5.84 Å². The maximum atomic E-state index is 11.5. The van der Waals surface area contributed by atoms with Gasteiger partial charge in [-0.3, -0.25) is 24.9 Å². The van der Waals surface area contributed by atoms with Crippen molar-refractivity contribution in [3.05, 3.63) is 62.7 Å². The number of nitrogens with zero attached hydrogens (tertiary/aromatic N) is 1. The van der Waals surface area contributed by atoms with Crippen molar-refractivity contribution >= 4 is 5.91 Å². The lowest BCUT2D eigenvalue weighted by atomic mass is 10.2. The van der Waals surface area contributed by atoms with Gasteiger partial charge in [-0.2, -0.15) is 0 Å². The Morgan fingerprint density at radius 2 is 2.00 bits per heavy atom. The second kappa shape index (κ2) is 6.53. The third-order valence-electron chi connectivity index (χ3n) is 2.72. The number of para-hydroxylation sites is 1. The van der Waals surface area contributed by atoms with Gasteiger partial charge in [-0.05, 0) is 12.1 Å². The smallest absolute Gasteiger partial charge is 0.268 e. The standard InChI is InChI=1S/C13H14N4O4/c14-15-13(20)9-3-1-2-4-10(9)21-8-7-17-12(19)6-5-11(18)16-17/h1-6H,7-8,14H2,(H,15,20)(H,16,18). The van der Waals surface area contributed by atoms with Crippen LogP contribution in [0.5, 0.6) is 5.75 Å². The molecule has 2 rings (SSSR count). The van der Waals surface area contributed by atoms with Crippen LogP contribution in [0, 0.1) is 0 Å². The number of aromatic amines is 1. The van der Waals surface area contributed by atoms with Gasteiger partial charge in [-0.25, -0.2) is 10.5 Å². The Bertz CT molecular complexity index is 750. The van der Waals surface area contributed by atoms with Gasteiger partial charge in [0.1, 0.15) is 12.4 Å². The summed E-state index contributed by atoms with van der Waals surface area (Å²) in [7, 11) is 0. The van der Waals surface area contributed by atoms with Crippen LogP contribution in [0.15, 0.2) is 46.0 Å². The molecule has 21 heavy (non-hydrogen) atoms. The third-order valence-corrected chi connectivity index (χ3v) is 2.72. The number of nitrogens with two attached hydrogens (primary N) is 1. The second-order valence-electron chi connectivity index (χ2n) is 4.12. The highest BCUT2D eigenvalue weighted by molar-refractivity contribution is 5.96. The van der Waals surface area contributed by atoms with Crippen LogP contribution in [0.2, 0.25) is 0 Å². The number of ether oxygens (including phenoxy) is 1. The van der Waals surface area contributed by atoms with E-state index in [9.17, 15) is 14.4 Å². The number of rotatable bonds is 5. The lowest BCUT2D eigenvalue weighted by molar-refractivity contribution is 0.0949. The number of nitrogens with one attached hydrogen (secondary N) is 2.